The van der Waals surface area contributed by atoms with Crippen LogP contribution in [0.2, 0.25) is 0 Å². The van der Waals surface area contributed by atoms with Crippen molar-refractivity contribution in [1.29, 1.82) is 0 Å². The normalized spacial score (nSPS) is 16.9. The molecule has 0 aromatic carbocycles. The number of carbonyl (C=O) groups excluding carboxylic acids is 1. The molecule has 2 heterocycles. The smallest absolute Gasteiger partial charge is 0.257 e. The van der Waals surface area contributed by atoms with Crippen LogP contribution in [0.15, 0.2) is 18.3 Å². The molecule has 0 radical (unpaired) electrons. The number of piperidine rings is 1. The number of pyridine rings is 1. The molecule has 0 bridgehead atoms. The second kappa shape index (κ2) is 5.17. The van der Waals surface area contributed by atoms with E-state index < -0.39 is 0 Å². The molecular weight excluding hydrogens is 214 g/mol. The molecule has 1 aliphatic rings. The molecule has 2 rings (SSSR count). The first kappa shape index (κ1) is 11.9. The van der Waals surface area contributed by atoms with E-state index in [2.05, 4.69) is 17.2 Å². The van der Waals surface area contributed by atoms with Crippen molar-refractivity contribution in [2.75, 3.05) is 25.5 Å². The van der Waals surface area contributed by atoms with Crippen molar-refractivity contribution in [3.63, 3.8) is 0 Å². The Balaban J connectivity index is 2.14. The second-order valence-corrected chi connectivity index (χ2v) is 4.62. The molecule has 1 N–H and O–H groups in total. The Morgan fingerprint density at radius 2 is 2.18 bits per heavy atom. The summed E-state index contributed by atoms with van der Waals surface area (Å²) in [6.07, 6.45) is 3.89. The first-order valence-corrected chi connectivity index (χ1v) is 6.14. The van der Waals surface area contributed by atoms with Gasteiger partial charge in [-0.15, -0.1) is 0 Å². The summed E-state index contributed by atoms with van der Waals surface area (Å²) in [6, 6.07) is 3.64. The Hall–Kier alpha value is -1.58. The van der Waals surface area contributed by atoms with Crippen LogP contribution >= 0.6 is 0 Å². The average molecular weight is 233 g/mol. The fourth-order valence-corrected chi connectivity index (χ4v) is 2.16. The van der Waals surface area contributed by atoms with Crippen LogP contribution in [0, 0.1) is 5.92 Å². The number of rotatable bonds is 2. The van der Waals surface area contributed by atoms with Gasteiger partial charge in [0.05, 0.1) is 5.56 Å². The third-order valence-electron chi connectivity index (χ3n) is 3.35. The molecule has 1 aromatic heterocycles. The highest BCUT2D eigenvalue weighted by Gasteiger charge is 2.23. The van der Waals surface area contributed by atoms with Gasteiger partial charge in [0.2, 0.25) is 0 Å². The third kappa shape index (κ3) is 2.57. The lowest BCUT2D eigenvalue weighted by atomic mass is 9.99. The molecule has 92 valence electrons. The van der Waals surface area contributed by atoms with Crippen LogP contribution in [0.4, 0.5) is 5.82 Å². The van der Waals surface area contributed by atoms with Crippen molar-refractivity contribution >= 4 is 11.7 Å². The van der Waals surface area contributed by atoms with Crippen LogP contribution in [0.3, 0.4) is 0 Å². The van der Waals surface area contributed by atoms with Gasteiger partial charge >= 0.3 is 0 Å². The van der Waals surface area contributed by atoms with Gasteiger partial charge in [0.25, 0.3) is 5.91 Å². The Kier molecular flexibility index (Phi) is 3.61. The van der Waals surface area contributed by atoms with E-state index in [0.29, 0.717) is 11.4 Å². The van der Waals surface area contributed by atoms with Crippen molar-refractivity contribution in [3.05, 3.63) is 23.9 Å². The summed E-state index contributed by atoms with van der Waals surface area (Å²) in [7, 11) is 1.79. The maximum absolute atomic E-state index is 12.3. The number of aromatic nitrogens is 1. The molecule has 0 unspecified atom stereocenters. The van der Waals surface area contributed by atoms with E-state index >= 15 is 0 Å². The van der Waals surface area contributed by atoms with E-state index in [0.717, 1.165) is 31.8 Å². The van der Waals surface area contributed by atoms with Gasteiger partial charge in [-0.3, -0.25) is 4.79 Å². The van der Waals surface area contributed by atoms with Crippen molar-refractivity contribution in [3.8, 4) is 0 Å². The van der Waals surface area contributed by atoms with Crippen LogP contribution in [0.1, 0.15) is 30.1 Å². The minimum Gasteiger partial charge on any atom is -0.372 e. The second-order valence-electron chi connectivity index (χ2n) is 4.62. The molecule has 0 atom stereocenters. The summed E-state index contributed by atoms with van der Waals surface area (Å²) in [5.74, 6) is 1.49. The lowest BCUT2D eigenvalue weighted by molar-refractivity contribution is 0.0698. The maximum Gasteiger partial charge on any atom is 0.257 e. The lowest BCUT2D eigenvalue weighted by Gasteiger charge is -2.30. The minimum absolute atomic E-state index is 0.0920. The zero-order valence-corrected chi connectivity index (χ0v) is 10.4. The topological polar surface area (TPSA) is 45.2 Å². The van der Waals surface area contributed by atoms with Crippen molar-refractivity contribution in [2.24, 2.45) is 5.92 Å². The first-order valence-electron chi connectivity index (χ1n) is 6.14. The van der Waals surface area contributed by atoms with E-state index in [1.807, 2.05) is 11.0 Å². The van der Waals surface area contributed by atoms with Gasteiger partial charge in [0.15, 0.2) is 0 Å². The molecule has 1 amide bonds. The summed E-state index contributed by atoms with van der Waals surface area (Å²) in [5, 5.41) is 2.97. The zero-order chi connectivity index (χ0) is 12.3. The van der Waals surface area contributed by atoms with Crippen LogP contribution < -0.4 is 5.32 Å². The maximum atomic E-state index is 12.3. The lowest BCUT2D eigenvalue weighted by Crippen LogP contribution is -2.38. The summed E-state index contributed by atoms with van der Waals surface area (Å²) in [4.78, 5) is 18.4. The number of amides is 1. The Morgan fingerprint density at radius 3 is 2.82 bits per heavy atom. The van der Waals surface area contributed by atoms with Crippen LogP contribution in [-0.2, 0) is 0 Å². The van der Waals surface area contributed by atoms with E-state index in [-0.39, 0.29) is 5.91 Å². The molecule has 1 aromatic rings. The van der Waals surface area contributed by atoms with Gasteiger partial charge in [-0.05, 0) is 30.9 Å². The van der Waals surface area contributed by atoms with Crippen molar-refractivity contribution in [1.82, 2.24) is 9.88 Å². The molecule has 4 heteroatoms. The van der Waals surface area contributed by atoms with E-state index in [4.69, 9.17) is 0 Å². The van der Waals surface area contributed by atoms with E-state index in [9.17, 15) is 4.79 Å². The van der Waals surface area contributed by atoms with Crippen LogP contribution in [0.5, 0.6) is 0 Å². The summed E-state index contributed by atoms with van der Waals surface area (Å²) < 4.78 is 0. The fraction of sp³-hybridized carbons (Fsp3) is 0.538. The number of hydrogen-bond acceptors (Lipinski definition) is 3. The molecule has 1 saturated heterocycles. The molecule has 17 heavy (non-hydrogen) atoms. The molecule has 4 nitrogen and oxygen atoms in total. The fourth-order valence-electron chi connectivity index (χ4n) is 2.16. The standard InChI is InChI=1S/C13H19N3O/c1-10-5-8-16(9-6-10)13(17)11-4-3-7-15-12(11)14-2/h3-4,7,10H,5-6,8-9H2,1-2H3,(H,14,15). The first-order chi connectivity index (χ1) is 8.22. The summed E-state index contributed by atoms with van der Waals surface area (Å²) in [5.41, 5.74) is 0.671. The average Bonchev–Trinajstić information content (AvgIpc) is 2.39. The van der Waals surface area contributed by atoms with Gasteiger partial charge < -0.3 is 10.2 Å². The Labute approximate surface area is 102 Å². The van der Waals surface area contributed by atoms with Gasteiger partial charge in [0.1, 0.15) is 5.82 Å². The van der Waals surface area contributed by atoms with E-state index in [1.54, 1.807) is 19.3 Å². The van der Waals surface area contributed by atoms with Gasteiger partial charge in [-0.25, -0.2) is 4.98 Å². The molecule has 1 fully saturated rings. The number of likely N-dealkylation sites (tertiary alicyclic amines) is 1. The highest BCUT2D eigenvalue weighted by molar-refractivity contribution is 5.98. The molecule has 0 spiro atoms. The number of anilines is 1. The molecule has 0 saturated carbocycles. The molecular formula is C13H19N3O. The van der Waals surface area contributed by atoms with Crippen molar-refractivity contribution < 1.29 is 4.79 Å². The number of nitrogens with one attached hydrogen (secondary N) is 1. The van der Waals surface area contributed by atoms with Gasteiger partial charge in [0, 0.05) is 26.3 Å². The highest BCUT2D eigenvalue weighted by atomic mass is 16.2. The summed E-state index contributed by atoms with van der Waals surface area (Å²) >= 11 is 0. The largest absolute Gasteiger partial charge is 0.372 e. The highest BCUT2D eigenvalue weighted by Crippen LogP contribution is 2.20. The van der Waals surface area contributed by atoms with Gasteiger partial charge in [-0.1, -0.05) is 6.92 Å². The monoisotopic (exact) mass is 233 g/mol. The number of hydrogen-bond donors (Lipinski definition) is 1. The summed E-state index contributed by atoms with van der Waals surface area (Å²) in [6.45, 7) is 3.96. The number of carbonyl (C=O) groups is 1. The number of nitrogens with zero attached hydrogens (tertiary/aromatic N) is 2. The van der Waals surface area contributed by atoms with Crippen molar-refractivity contribution in [2.45, 2.75) is 19.8 Å². The predicted octanol–water partition coefficient (Wildman–Crippen LogP) is 2.00. The quantitative estimate of drug-likeness (QED) is 0.849. The molecule has 0 aliphatic carbocycles. The zero-order valence-electron chi connectivity index (χ0n) is 10.4. The van der Waals surface area contributed by atoms with E-state index in [1.165, 1.54) is 0 Å². The van der Waals surface area contributed by atoms with Crippen LogP contribution in [0.25, 0.3) is 0 Å². The molecule has 1 aliphatic heterocycles. The predicted molar refractivity (Wildman–Crippen MR) is 68.1 cm³/mol. The van der Waals surface area contributed by atoms with Gasteiger partial charge in [-0.2, -0.15) is 0 Å². The SMILES string of the molecule is CNc1ncccc1C(=O)N1CCC(C)CC1. The Morgan fingerprint density at radius 1 is 1.47 bits per heavy atom. The Bertz CT molecular complexity index is 397. The third-order valence-corrected chi connectivity index (χ3v) is 3.35. The van der Waals surface area contributed by atoms with Crippen LogP contribution in [-0.4, -0.2) is 35.9 Å². The minimum atomic E-state index is 0.0920.